The minimum Gasteiger partial charge on any atom is -0.302 e. The minimum atomic E-state index is -0.0305. The van der Waals surface area contributed by atoms with Crippen molar-refractivity contribution in [2.24, 2.45) is 5.84 Å². The zero-order chi connectivity index (χ0) is 14.8. The molecule has 0 fully saturated rings. The Kier molecular flexibility index (Phi) is 4.43. The van der Waals surface area contributed by atoms with Gasteiger partial charge in [-0.15, -0.1) is 0 Å². The summed E-state index contributed by atoms with van der Waals surface area (Å²) in [5, 5.41) is 2.51. The molecule has 108 valence electrons. The number of fused-ring (bicyclic) bond motifs is 1. The predicted octanol–water partition coefficient (Wildman–Crippen LogP) is 3.07. The number of nitrogens with two attached hydrogens (primary N) is 1. The van der Waals surface area contributed by atoms with Crippen LogP contribution in [0.15, 0.2) is 42.5 Å². The zero-order valence-electron chi connectivity index (χ0n) is 12.9. The number of rotatable bonds is 5. The Morgan fingerprint density at radius 3 is 2.35 bits per heavy atom. The lowest BCUT2D eigenvalue weighted by atomic mass is 9.83. The van der Waals surface area contributed by atoms with Crippen molar-refractivity contribution in [2.45, 2.75) is 31.8 Å². The largest absolute Gasteiger partial charge is 0.302 e. The molecule has 3 heteroatoms. The third kappa shape index (κ3) is 2.57. The van der Waals surface area contributed by atoms with Crippen LogP contribution >= 0.6 is 0 Å². The van der Waals surface area contributed by atoms with Crippen molar-refractivity contribution in [3.05, 3.63) is 48.0 Å². The van der Waals surface area contributed by atoms with Crippen LogP contribution in [0.4, 0.5) is 0 Å². The highest BCUT2D eigenvalue weighted by Gasteiger charge is 2.35. The highest BCUT2D eigenvalue weighted by atomic mass is 15.3. The van der Waals surface area contributed by atoms with E-state index in [0.29, 0.717) is 0 Å². The van der Waals surface area contributed by atoms with Crippen molar-refractivity contribution < 1.29 is 0 Å². The smallest absolute Gasteiger partial charge is 0.0641 e. The summed E-state index contributed by atoms with van der Waals surface area (Å²) in [6, 6.07) is 15.1. The topological polar surface area (TPSA) is 41.3 Å². The van der Waals surface area contributed by atoms with Crippen LogP contribution in [0.5, 0.6) is 0 Å². The summed E-state index contributed by atoms with van der Waals surface area (Å²) in [5.41, 5.74) is 4.21. The van der Waals surface area contributed by atoms with Crippen LogP contribution in [0.3, 0.4) is 0 Å². The first kappa shape index (κ1) is 15.0. The molecule has 0 saturated heterocycles. The van der Waals surface area contributed by atoms with E-state index in [2.05, 4.69) is 80.7 Å². The number of nitrogens with zero attached hydrogens (tertiary/aromatic N) is 1. The average Bonchev–Trinajstić information content (AvgIpc) is 2.47. The fraction of sp³-hybridized carbons (Fsp3) is 0.412. The molecule has 0 aliphatic carbocycles. The van der Waals surface area contributed by atoms with Crippen molar-refractivity contribution >= 4 is 10.8 Å². The lowest BCUT2D eigenvalue weighted by molar-refractivity contribution is 0.113. The molecule has 0 spiro atoms. The first-order valence-electron chi connectivity index (χ1n) is 7.15. The second-order valence-corrected chi connectivity index (χ2v) is 5.81. The molecule has 2 atom stereocenters. The van der Waals surface area contributed by atoms with Crippen LogP contribution in [0.2, 0.25) is 0 Å². The van der Waals surface area contributed by atoms with E-state index in [1.54, 1.807) is 0 Å². The first-order valence-corrected chi connectivity index (χ1v) is 7.15. The van der Waals surface area contributed by atoms with E-state index in [9.17, 15) is 0 Å². The van der Waals surface area contributed by atoms with Crippen LogP contribution in [0.1, 0.15) is 31.9 Å². The quantitative estimate of drug-likeness (QED) is 0.648. The predicted molar refractivity (Wildman–Crippen MR) is 86.4 cm³/mol. The Hall–Kier alpha value is -1.42. The number of nitrogens with one attached hydrogen (secondary N) is 1. The van der Waals surface area contributed by atoms with Crippen LogP contribution in [-0.4, -0.2) is 24.5 Å². The second kappa shape index (κ2) is 5.92. The Labute approximate surface area is 121 Å². The van der Waals surface area contributed by atoms with Gasteiger partial charge >= 0.3 is 0 Å². The molecule has 0 aliphatic heterocycles. The van der Waals surface area contributed by atoms with Crippen LogP contribution < -0.4 is 11.3 Å². The monoisotopic (exact) mass is 271 g/mol. The van der Waals surface area contributed by atoms with E-state index in [0.717, 1.165) is 6.42 Å². The van der Waals surface area contributed by atoms with E-state index in [1.807, 2.05) is 0 Å². The van der Waals surface area contributed by atoms with Crippen molar-refractivity contribution in [3.63, 3.8) is 0 Å². The minimum absolute atomic E-state index is 0.0305. The maximum absolute atomic E-state index is 5.87. The van der Waals surface area contributed by atoms with Crippen molar-refractivity contribution in [1.82, 2.24) is 10.3 Å². The van der Waals surface area contributed by atoms with Crippen molar-refractivity contribution in [2.75, 3.05) is 14.1 Å². The van der Waals surface area contributed by atoms with Gasteiger partial charge in [-0.2, -0.15) is 0 Å². The lowest BCUT2D eigenvalue weighted by Crippen LogP contribution is -2.52. The van der Waals surface area contributed by atoms with Crippen LogP contribution in [0, 0.1) is 0 Å². The summed E-state index contributed by atoms with van der Waals surface area (Å²) in [4.78, 5) is 2.24. The third-order valence-corrected chi connectivity index (χ3v) is 4.63. The molecular formula is C17H25N3. The molecule has 0 aromatic heterocycles. The molecule has 0 saturated carbocycles. The molecule has 2 aromatic carbocycles. The summed E-state index contributed by atoms with van der Waals surface area (Å²) < 4.78 is 0. The van der Waals surface area contributed by atoms with Gasteiger partial charge in [-0.1, -0.05) is 43.3 Å². The molecule has 20 heavy (non-hydrogen) atoms. The van der Waals surface area contributed by atoms with Gasteiger partial charge in [-0.05, 0) is 49.8 Å². The van der Waals surface area contributed by atoms with E-state index >= 15 is 0 Å². The van der Waals surface area contributed by atoms with Gasteiger partial charge in [-0.3, -0.25) is 11.3 Å². The van der Waals surface area contributed by atoms with Gasteiger partial charge in [0, 0.05) is 5.54 Å². The fourth-order valence-electron chi connectivity index (χ4n) is 2.80. The standard InChI is InChI=1S/C17H25N3/c1-5-17(2,20(3)4)16(19-18)15-11-10-13-8-6-7-9-14(13)12-15/h6-12,16,19H,5,18H2,1-4H3. The average molecular weight is 271 g/mol. The van der Waals surface area contributed by atoms with Crippen LogP contribution in [0.25, 0.3) is 10.8 Å². The summed E-state index contributed by atoms with van der Waals surface area (Å²) >= 11 is 0. The van der Waals surface area contributed by atoms with E-state index in [1.165, 1.54) is 16.3 Å². The number of benzene rings is 2. The maximum atomic E-state index is 5.87. The first-order chi connectivity index (χ1) is 9.52. The van der Waals surface area contributed by atoms with Gasteiger partial charge < -0.3 is 4.90 Å². The molecule has 0 heterocycles. The maximum Gasteiger partial charge on any atom is 0.0641 e. The summed E-state index contributed by atoms with van der Waals surface area (Å²) in [5.74, 6) is 5.87. The van der Waals surface area contributed by atoms with E-state index in [-0.39, 0.29) is 11.6 Å². The fourth-order valence-corrected chi connectivity index (χ4v) is 2.80. The summed E-state index contributed by atoms with van der Waals surface area (Å²) in [7, 11) is 4.21. The van der Waals surface area contributed by atoms with Gasteiger partial charge in [0.05, 0.1) is 6.04 Å². The van der Waals surface area contributed by atoms with Crippen molar-refractivity contribution in [3.8, 4) is 0 Å². The van der Waals surface area contributed by atoms with Crippen LogP contribution in [-0.2, 0) is 0 Å². The summed E-state index contributed by atoms with van der Waals surface area (Å²) in [6.45, 7) is 4.44. The second-order valence-electron chi connectivity index (χ2n) is 5.81. The number of hydrogen-bond acceptors (Lipinski definition) is 3. The SMILES string of the molecule is CCC(C)(C(NN)c1ccc2ccccc2c1)N(C)C. The van der Waals surface area contributed by atoms with Gasteiger partial charge in [0.2, 0.25) is 0 Å². The number of likely N-dealkylation sites (N-methyl/N-ethyl adjacent to an activating group) is 1. The summed E-state index contributed by atoms with van der Waals surface area (Å²) in [6.07, 6.45) is 1.02. The highest BCUT2D eigenvalue weighted by molar-refractivity contribution is 5.83. The molecule has 2 unspecified atom stereocenters. The van der Waals surface area contributed by atoms with Gasteiger partial charge in [0.1, 0.15) is 0 Å². The molecular weight excluding hydrogens is 246 g/mol. The van der Waals surface area contributed by atoms with Gasteiger partial charge in [-0.25, -0.2) is 0 Å². The van der Waals surface area contributed by atoms with Crippen molar-refractivity contribution in [1.29, 1.82) is 0 Å². The van der Waals surface area contributed by atoms with Gasteiger partial charge in [0.15, 0.2) is 0 Å². The molecule has 0 amide bonds. The normalized spacial score (nSPS) is 16.3. The zero-order valence-corrected chi connectivity index (χ0v) is 12.9. The Morgan fingerprint density at radius 1 is 1.15 bits per heavy atom. The Bertz CT molecular complexity index is 579. The van der Waals surface area contributed by atoms with E-state index in [4.69, 9.17) is 5.84 Å². The Balaban J connectivity index is 2.48. The molecule has 2 rings (SSSR count). The van der Waals surface area contributed by atoms with E-state index < -0.39 is 0 Å². The molecule has 3 nitrogen and oxygen atoms in total. The molecule has 0 aliphatic rings. The molecule has 0 radical (unpaired) electrons. The molecule has 3 N–H and O–H groups in total. The van der Waals surface area contributed by atoms with Gasteiger partial charge in [0.25, 0.3) is 0 Å². The Morgan fingerprint density at radius 2 is 1.80 bits per heavy atom. The molecule has 2 aromatic rings. The molecule has 0 bridgehead atoms. The third-order valence-electron chi connectivity index (χ3n) is 4.63. The highest BCUT2D eigenvalue weighted by Crippen LogP contribution is 2.33. The lowest BCUT2D eigenvalue weighted by Gasteiger charge is -2.42. The number of hydrazine groups is 1. The number of hydrogen-bond donors (Lipinski definition) is 2.